The van der Waals surface area contributed by atoms with E-state index in [-0.39, 0.29) is 30.3 Å². The lowest BCUT2D eigenvalue weighted by Crippen LogP contribution is -2.54. The molecule has 1 spiro atoms. The third-order valence-corrected chi connectivity index (χ3v) is 6.80. The maximum atomic E-state index is 12.9. The molecule has 6 nitrogen and oxygen atoms in total. The van der Waals surface area contributed by atoms with E-state index in [1.807, 2.05) is 30.5 Å². The van der Waals surface area contributed by atoms with Gasteiger partial charge in [0, 0.05) is 18.3 Å². The second kappa shape index (κ2) is 6.94. The van der Waals surface area contributed by atoms with Gasteiger partial charge in [0.1, 0.15) is 12.1 Å². The Morgan fingerprint density at radius 1 is 1.25 bits per heavy atom. The lowest BCUT2D eigenvalue weighted by Gasteiger charge is -2.37. The Bertz CT molecular complexity index is 541. The van der Waals surface area contributed by atoms with Gasteiger partial charge in [-0.1, -0.05) is 19.8 Å². The van der Waals surface area contributed by atoms with Crippen LogP contribution >= 0.6 is 11.8 Å². The van der Waals surface area contributed by atoms with Crippen molar-refractivity contribution in [3.8, 4) is 0 Å². The summed E-state index contributed by atoms with van der Waals surface area (Å²) in [6.45, 7) is 4.63. The molecule has 1 N–H and O–H groups in total. The van der Waals surface area contributed by atoms with Gasteiger partial charge in [0.05, 0.1) is 0 Å². The monoisotopic (exact) mass is 353 g/mol. The Morgan fingerprint density at radius 2 is 2.04 bits per heavy atom. The van der Waals surface area contributed by atoms with Crippen LogP contribution in [0.4, 0.5) is 4.79 Å². The molecule has 2 heterocycles. The molecule has 1 aliphatic carbocycles. The summed E-state index contributed by atoms with van der Waals surface area (Å²) in [4.78, 5) is 41.0. The van der Waals surface area contributed by atoms with E-state index in [0.29, 0.717) is 13.0 Å². The summed E-state index contributed by atoms with van der Waals surface area (Å²) in [7, 11) is 0. The van der Waals surface area contributed by atoms with Crippen molar-refractivity contribution in [1.29, 1.82) is 0 Å². The number of urea groups is 1. The van der Waals surface area contributed by atoms with Crippen LogP contribution in [0.1, 0.15) is 46.0 Å². The minimum Gasteiger partial charge on any atom is -0.338 e. The van der Waals surface area contributed by atoms with Crippen LogP contribution in [-0.2, 0) is 9.59 Å². The van der Waals surface area contributed by atoms with Crippen molar-refractivity contribution in [2.45, 2.75) is 57.5 Å². The zero-order chi connectivity index (χ0) is 17.3. The Hall–Kier alpha value is -1.24. The average Bonchev–Trinajstić information content (AvgIpc) is 2.71. The fraction of sp³-hybridized carbons (Fsp3) is 0.824. The molecule has 2 saturated heterocycles. The van der Waals surface area contributed by atoms with Crippen molar-refractivity contribution >= 4 is 29.6 Å². The van der Waals surface area contributed by atoms with Gasteiger partial charge in [0.25, 0.3) is 5.91 Å². The highest BCUT2D eigenvalue weighted by atomic mass is 32.2. The fourth-order valence-corrected chi connectivity index (χ4v) is 5.17. The van der Waals surface area contributed by atoms with E-state index in [1.54, 1.807) is 0 Å². The van der Waals surface area contributed by atoms with Gasteiger partial charge in [-0.3, -0.25) is 14.5 Å². The first-order valence-corrected chi connectivity index (χ1v) is 10.1. The molecule has 0 aromatic rings. The first-order chi connectivity index (χ1) is 11.5. The molecule has 134 valence electrons. The molecule has 0 aromatic heterocycles. The normalized spacial score (nSPS) is 34.4. The Balaban J connectivity index is 1.71. The van der Waals surface area contributed by atoms with Crippen LogP contribution in [0.5, 0.6) is 0 Å². The smallest absolute Gasteiger partial charge is 0.325 e. The molecule has 0 radical (unpaired) electrons. The molecule has 24 heavy (non-hydrogen) atoms. The number of rotatable bonds is 2. The van der Waals surface area contributed by atoms with Gasteiger partial charge in [0.15, 0.2) is 0 Å². The van der Waals surface area contributed by atoms with Gasteiger partial charge in [-0.25, -0.2) is 4.79 Å². The van der Waals surface area contributed by atoms with E-state index >= 15 is 0 Å². The van der Waals surface area contributed by atoms with Crippen LogP contribution in [0.15, 0.2) is 0 Å². The Morgan fingerprint density at radius 3 is 2.79 bits per heavy atom. The molecule has 3 fully saturated rings. The number of hydrogen-bond donors (Lipinski definition) is 1. The van der Waals surface area contributed by atoms with E-state index < -0.39 is 11.6 Å². The van der Waals surface area contributed by atoms with Crippen LogP contribution in [0.25, 0.3) is 0 Å². The van der Waals surface area contributed by atoms with E-state index in [9.17, 15) is 14.4 Å². The summed E-state index contributed by atoms with van der Waals surface area (Å²) in [5, 5.41) is 2.91. The number of nitrogens with one attached hydrogen (secondary N) is 1. The van der Waals surface area contributed by atoms with Gasteiger partial charge in [-0.05, 0) is 37.9 Å². The van der Waals surface area contributed by atoms with E-state index in [0.717, 1.165) is 42.1 Å². The van der Waals surface area contributed by atoms with Crippen molar-refractivity contribution < 1.29 is 14.4 Å². The number of thioether (sulfide) groups is 1. The van der Waals surface area contributed by atoms with Gasteiger partial charge >= 0.3 is 6.03 Å². The maximum Gasteiger partial charge on any atom is 0.325 e. The molecular formula is C17H27N3O3S. The minimum atomic E-state index is -0.782. The topological polar surface area (TPSA) is 69.7 Å². The second-order valence-electron chi connectivity index (χ2n) is 7.28. The van der Waals surface area contributed by atoms with Gasteiger partial charge in [-0.2, -0.15) is 11.8 Å². The van der Waals surface area contributed by atoms with Gasteiger partial charge < -0.3 is 10.2 Å². The summed E-state index contributed by atoms with van der Waals surface area (Å²) in [6, 6.07) is -0.241. The van der Waals surface area contributed by atoms with E-state index in [1.165, 1.54) is 0 Å². The number of nitrogens with zero attached hydrogens (tertiary/aromatic N) is 2. The quantitative estimate of drug-likeness (QED) is 0.769. The number of hydrogen-bond acceptors (Lipinski definition) is 4. The molecule has 0 unspecified atom stereocenters. The number of carbonyl (C=O) groups is 3. The first kappa shape index (κ1) is 17.6. The zero-order valence-electron chi connectivity index (χ0n) is 14.5. The highest BCUT2D eigenvalue weighted by Crippen LogP contribution is 2.38. The Labute approximate surface area is 147 Å². The van der Waals surface area contributed by atoms with Crippen LogP contribution in [-0.4, -0.2) is 63.8 Å². The summed E-state index contributed by atoms with van der Waals surface area (Å²) in [6.07, 6.45) is 4.61. The molecule has 4 amide bonds. The Kier molecular flexibility index (Phi) is 5.08. The number of amides is 4. The number of imide groups is 1. The molecule has 1 saturated carbocycles. The third kappa shape index (κ3) is 3.03. The van der Waals surface area contributed by atoms with Crippen molar-refractivity contribution in [1.82, 2.24) is 15.1 Å². The van der Waals surface area contributed by atoms with Crippen molar-refractivity contribution in [3.63, 3.8) is 0 Å². The van der Waals surface area contributed by atoms with Crippen LogP contribution in [0, 0.1) is 5.92 Å². The zero-order valence-corrected chi connectivity index (χ0v) is 15.4. The largest absolute Gasteiger partial charge is 0.338 e. The molecule has 0 aromatic carbocycles. The summed E-state index contributed by atoms with van der Waals surface area (Å²) in [5.74, 6) is 1.77. The van der Waals surface area contributed by atoms with Gasteiger partial charge in [0.2, 0.25) is 5.91 Å². The third-order valence-electron chi connectivity index (χ3n) is 5.80. The molecule has 7 heteroatoms. The highest BCUT2D eigenvalue weighted by molar-refractivity contribution is 7.99. The van der Waals surface area contributed by atoms with Crippen molar-refractivity contribution in [2.24, 2.45) is 5.92 Å². The molecule has 3 aliphatic rings. The lowest BCUT2D eigenvalue weighted by atomic mass is 9.73. The summed E-state index contributed by atoms with van der Waals surface area (Å²) in [5.41, 5.74) is -0.782. The van der Waals surface area contributed by atoms with Crippen LogP contribution in [0.3, 0.4) is 0 Å². The minimum absolute atomic E-state index is 0.117. The van der Waals surface area contributed by atoms with E-state index in [2.05, 4.69) is 5.32 Å². The average molecular weight is 353 g/mol. The summed E-state index contributed by atoms with van der Waals surface area (Å²) < 4.78 is 0. The van der Waals surface area contributed by atoms with Crippen molar-refractivity contribution in [3.05, 3.63) is 0 Å². The lowest BCUT2D eigenvalue weighted by molar-refractivity contribution is -0.141. The molecular weight excluding hydrogens is 326 g/mol. The highest BCUT2D eigenvalue weighted by Gasteiger charge is 2.55. The van der Waals surface area contributed by atoms with Crippen molar-refractivity contribution in [2.75, 3.05) is 24.6 Å². The van der Waals surface area contributed by atoms with Crippen LogP contribution < -0.4 is 5.32 Å². The molecule has 3 atom stereocenters. The molecule has 2 aliphatic heterocycles. The SMILES string of the molecule is C[C@@H]1CCSCCN1C(=O)CN1C(=O)N[C@]2(CCCC[C@H]2C)C1=O. The number of carbonyl (C=O) groups excluding carboxylic acids is 3. The maximum absolute atomic E-state index is 12.9. The molecule has 0 bridgehead atoms. The predicted octanol–water partition coefficient (Wildman–Crippen LogP) is 1.84. The molecule has 3 rings (SSSR count). The van der Waals surface area contributed by atoms with Crippen LogP contribution in [0.2, 0.25) is 0 Å². The predicted molar refractivity (Wildman–Crippen MR) is 93.7 cm³/mol. The fourth-order valence-electron chi connectivity index (χ4n) is 4.13. The standard InChI is InChI=1S/C17H27N3O3S/c1-12-5-3-4-7-17(12)15(22)20(16(23)18-17)11-14(21)19-8-10-24-9-6-13(19)2/h12-13H,3-11H2,1-2H3,(H,18,23)/t12-,13-,17+/m1/s1. The summed E-state index contributed by atoms with van der Waals surface area (Å²) >= 11 is 1.85. The second-order valence-corrected chi connectivity index (χ2v) is 8.50. The van der Waals surface area contributed by atoms with Gasteiger partial charge in [-0.15, -0.1) is 0 Å². The first-order valence-electron chi connectivity index (χ1n) is 8.97. The van der Waals surface area contributed by atoms with E-state index in [4.69, 9.17) is 0 Å².